The van der Waals surface area contributed by atoms with Gasteiger partial charge in [0.15, 0.2) is 0 Å². The van der Waals surface area contributed by atoms with E-state index in [-0.39, 0.29) is 30.0 Å². The minimum absolute atomic E-state index is 0.0118. The van der Waals surface area contributed by atoms with E-state index in [4.69, 9.17) is 0 Å². The molecule has 112 valence electrons. The number of halogens is 3. The van der Waals surface area contributed by atoms with Gasteiger partial charge in [-0.1, -0.05) is 27.2 Å². The number of hydrogen-bond donors (Lipinski definition) is 0. The summed E-state index contributed by atoms with van der Waals surface area (Å²) in [4.78, 5) is 12.0. The highest BCUT2D eigenvalue weighted by atomic mass is 19.4. The molecular weight excluding hydrogens is 253 g/mol. The average Bonchev–Trinajstić information content (AvgIpc) is 2.26. The molecule has 19 heavy (non-hydrogen) atoms. The van der Waals surface area contributed by atoms with Crippen molar-refractivity contribution in [2.75, 3.05) is 0 Å². The highest BCUT2D eigenvalue weighted by Gasteiger charge is 2.43. The highest BCUT2D eigenvalue weighted by molar-refractivity contribution is 5.81. The molecule has 1 saturated carbocycles. The fourth-order valence-electron chi connectivity index (χ4n) is 2.78. The molecule has 2 atom stereocenters. The quantitative estimate of drug-likeness (QED) is 0.695. The van der Waals surface area contributed by atoms with Gasteiger partial charge in [-0.3, -0.25) is 4.79 Å². The molecule has 1 aliphatic rings. The Hall–Kier alpha value is -0.540. The first-order valence-electron chi connectivity index (χ1n) is 7.19. The third-order valence-electron chi connectivity index (χ3n) is 3.94. The molecule has 0 heterocycles. The SMILES string of the molecule is CC(C)(C)CCCC(=O)C1CCCC(C(F)(F)F)C1. The lowest BCUT2D eigenvalue weighted by Gasteiger charge is -2.30. The molecule has 1 nitrogen and oxygen atoms in total. The van der Waals surface area contributed by atoms with Crippen LogP contribution < -0.4 is 0 Å². The van der Waals surface area contributed by atoms with E-state index in [0.29, 0.717) is 19.3 Å². The topological polar surface area (TPSA) is 17.1 Å². The van der Waals surface area contributed by atoms with Crippen molar-refractivity contribution in [3.8, 4) is 0 Å². The van der Waals surface area contributed by atoms with Gasteiger partial charge >= 0.3 is 6.18 Å². The maximum Gasteiger partial charge on any atom is 0.391 e. The van der Waals surface area contributed by atoms with Crippen molar-refractivity contribution in [2.24, 2.45) is 17.3 Å². The second-order valence-electron chi connectivity index (χ2n) is 6.98. The van der Waals surface area contributed by atoms with Crippen LogP contribution in [0.5, 0.6) is 0 Å². The van der Waals surface area contributed by atoms with Gasteiger partial charge < -0.3 is 0 Å². The minimum atomic E-state index is -4.13. The lowest BCUT2D eigenvalue weighted by molar-refractivity contribution is -0.186. The van der Waals surface area contributed by atoms with E-state index in [1.54, 1.807) is 0 Å². The Bertz CT molecular complexity index is 301. The first-order chi connectivity index (χ1) is 8.59. The van der Waals surface area contributed by atoms with Gasteiger partial charge in [-0.25, -0.2) is 0 Å². The van der Waals surface area contributed by atoms with E-state index >= 15 is 0 Å². The molecule has 0 radical (unpaired) electrons. The molecule has 0 bridgehead atoms. The van der Waals surface area contributed by atoms with Crippen LogP contribution in [-0.4, -0.2) is 12.0 Å². The highest BCUT2D eigenvalue weighted by Crippen LogP contribution is 2.40. The molecule has 1 rings (SSSR count). The molecule has 1 aliphatic carbocycles. The number of ketones is 1. The molecule has 0 aromatic carbocycles. The van der Waals surface area contributed by atoms with Crippen LogP contribution in [0.25, 0.3) is 0 Å². The Morgan fingerprint density at radius 3 is 2.32 bits per heavy atom. The molecule has 0 aromatic heterocycles. The monoisotopic (exact) mass is 278 g/mol. The Labute approximate surface area is 114 Å². The van der Waals surface area contributed by atoms with E-state index in [0.717, 1.165) is 12.8 Å². The summed E-state index contributed by atoms with van der Waals surface area (Å²) in [5.74, 6) is -1.59. The van der Waals surface area contributed by atoms with Gasteiger partial charge in [0.05, 0.1) is 5.92 Å². The second kappa shape index (κ2) is 6.27. The summed E-state index contributed by atoms with van der Waals surface area (Å²) in [5, 5.41) is 0. The number of alkyl halides is 3. The fraction of sp³-hybridized carbons (Fsp3) is 0.933. The van der Waals surface area contributed by atoms with Crippen molar-refractivity contribution in [3.63, 3.8) is 0 Å². The van der Waals surface area contributed by atoms with Crippen LogP contribution in [-0.2, 0) is 4.79 Å². The molecule has 1 fully saturated rings. The predicted molar refractivity (Wildman–Crippen MR) is 69.8 cm³/mol. The normalized spacial score (nSPS) is 25.4. The van der Waals surface area contributed by atoms with Gasteiger partial charge in [0, 0.05) is 12.3 Å². The number of rotatable bonds is 4. The lowest BCUT2D eigenvalue weighted by atomic mass is 9.77. The Morgan fingerprint density at radius 1 is 1.16 bits per heavy atom. The summed E-state index contributed by atoms with van der Waals surface area (Å²) in [5.41, 5.74) is 0.182. The molecule has 0 amide bonds. The van der Waals surface area contributed by atoms with Crippen molar-refractivity contribution in [3.05, 3.63) is 0 Å². The molecule has 0 aliphatic heterocycles. The molecule has 0 spiro atoms. The summed E-state index contributed by atoms with van der Waals surface area (Å²) < 4.78 is 38.0. The van der Waals surface area contributed by atoms with E-state index in [1.165, 1.54) is 0 Å². The summed E-state index contributed by atoms with van der Waals surface area (Å²) >= 11 is 0. The van der Waals surface area contributed by atoms with Gasteiger partial charge in [0.1, 0.15) is 5.78 Å². The standard InChI is InChI=1S/C15H25F3O/c1-14(2,3)9-5-8-13(19)11-6-4-7-12(10-11)15(16,17)18/h11-12H,4-10H2,1-3H3. The van der Waals surface area contributed by atoms with Crippen LogP contribution in [0.4, 0.5) is 13.2 Å². The smallest absolute Gasteiger partial charge is 0.299 e. The Balaban J connectivity index is 2.40. The summed E-state index contributed by atoms with van der Waals surface area (Å²) in [6.45, 7) is 6.33. The number of carbonyl (C=O) groups is 1. The summed E-state index contributed by atoms with van der Waals surface area (Å²) in [7, 11) is 0. The van der Waals surface area contributed by atoms with Crippen LogP contribution >= 0.6 is 0 Å². The van der Waals surface area contributed by atoms with E-state index in [1.807, 2.05) is 0 Å². The van der Waals surface area contributed by atoms with Crippen molar-refractivity contribution in [1.29, 1.82) is 0 Å². The second-order valence-corrected chi connectivity index (χ2v) is 6.98. The third kappa shape index (κ3) is 5.96. The predicted octanol–water partition coefficient (Wildman–Crippen LogP) is 5.14. The first kappa shape index (κ1) is 16.5. The number of hydrogen-bond acceptors (Lipinski definition) is 1. The van der Waals surface area contributed by atoms with Gasteiger partial charge in [0.25, 0.3) is 0 Å². The molecular formula is C15H25F3O. The zero-order chi connectivity index (χ0) is 14.7. The van der Waals surface area contributed by atoms with E-state index in [2.05, 4.69) is 20.8 Å². The molecule has 0 saturated heterocycles. The van der Waals surface area contributed by atoms with E-state index < -0.39 is 12.1 Å². The van der Waals surface area contributed by atoms with Gasteiger partial charge in [0.2, 0.25) is 0 Å². The van der Waals surface area contributed by atoms with Crippen LogP contribution in [0.15, 0.2) is 0 Å². The van der Waals surface area contributed by atoms with Crippen molar-refractivity contribution >= 4 is 5.78 Å². The molecule has 4 heteroatoms. The maximum absolute atomic E-state index is 12.7. The average molecular weight is 278 g/mol. The van der Waals surface area contributed by atoms with Crippen molar-refractivity contribution < 1.29 is 18.0 Å². The van der Waals surface area contributed by atoms with Crippen LogP contribution in [0.3, 0.4) is 0 Å². The van der Waals surface area contributed by atoms with Gasteiger partial charge in [-0.05, 0) is 37.5 Å². The van der Waals surface area contributed by atoms with Gasteiger partial charge in [-0.2, -0.15) is 13.2 Å². The Morgan fingerprint density at radius 2 is 1.79 bits per heavy atom. The number of carbonyl (C=O) groups excluding carboxylic acids is 1. The van der Waals surface area contributed by atoms with Crippen LogP contribution in [0, 0.1) is 17.3 Å². The zero-order valence-corrected chi connectivity index (χ0v) is 12.1. The number of Topliss-reactive ketones (excluding diaryl/α,β-unsaturated/α-hetero) is 1. The fourth-order valence-corrected chi connectivity index (χ4v) is 2.78. The van der Waals surface area contributed by atoms with Gasteiger partial charge in [-0.15, -0.1) is 0 Å². The molecule has 2 unspecified atom stereocenters. The Kier molecular flexibility index (Phi) is 5.45. The van der Waals surface area contributed by atoms with Crippen molar-refractivity contribution in [1.82, 2.24) is 0 Å². The maximum atomic E-state index is 12.7. The summed E-state index contributed by atoms with van der Waals surface area (Å²) in [6.07, 6.45) is -0.603. The van der Waals surface area contributed by atoms with E-state index in [9.17, 15) is 18.0 Å². The molecule has 0 N–H and O–H groups in total. The lowest BCUT2D eigenvalue weighted by Crippen LogP contribution is -2.31. The largest absolute Gasteiger partial charge is 0.391 e. The third-order valence-corrected chi connectivity index (χ3v) is 3.94. The first-order valence-corrected chi connectivity index (χ1v) is 7.19. The minimum Gasteiger partial charge on any atom is -0.299 e. The zero-order valence-electron chi connectivity index (χ0n) is 12.1. The van der Waals surface area contributed by atoms with Crippen molar-refractivity contribution in [2.45, 2.75) is 71.9 Å². The molecule has 0 aromatic rings. The summed E-state index contributed by atoms with van der Waals surface area (Å²) in [6, 6.07) is 0. The van der Waals surface area contributed by atoms with Crippen LogP contribution in [0.1, 0.15) is 65.7 Å². The van der Waals surface area contributed by atoms with Crippen LogP contribution in [0.2, 0.25) is 0 Å².